The molecule has 1 fully saturated rings. The number of nitrogens with one attached hydrogen (secondary N) is 1. The second kappa shape index (κ2) is 5.78. The Kier molecular flexibility index (Phi) is 4.34. The molecule has 4 nitrogen and oxygen atoms in total. The van der Waals surface area contributed by atoms with Gasteiger partial charge in [0.05, 0.1) is 6.10 Å². The zero-order valence-electron chi connectivity index (χ0n) is 10.5. The first kappa shape index (κ1) is 12.8. The summed E-state index contributed by atoms with van der Waals surface area (Å²) in [5, 5.41) is 13.7. The first-order chi connectivity index (χ1) is 8.15. The molecule has 5 heteroatoms. The van der Waals surface area contributed by atoms with Crippen molar-refractivity contribution in [3.8, 4) is 0 Å². The third-order valence-corrected chi connectivity index (χ3v) is 4.00. The number of anilines is 1. The van der Waals surface area contributed by atoms with Crippen LogP contribution in [0.3, 0.4) is 0 Å². The van der Waals surface area contributed by atoms with Crippen molar-refractivity contribution in [2.75, 3.05) is 11.9 Å². The zero-order valence-corrected chi connectivity index (χ0v) is 11.3. The molecule has 0 bridgehead atoms. The van der Waals surface area contributed by atoms with Gasteiger partial charge in [0.25, 0.3) is 0 Å². The predicted octanol–water partition coefficient (Wildman–Crippen LogP) is 2.62. The molecule has 1 aromatic heterocycles. The molecule has 1 aromatic rings. The van der Waals surface area contributed by atoms with Gasteiger partial charge in [0.1, 0.15) is 5.82 Å². The number of aliphatic hydroxyl groups excluding tert-OH is 1. The van der Waals surface area contributed by atoms with Crippen LogP contribution in [0.25, 0.3) is 0 Å². The van der Waals surface area contributed by atoms with Crippen molar-refractivity contribution >= 4 is 16.7 Å². The summed E-state index contributed by atoms with van der Waals surface area (Å²) in [6.07, 6.45) is 4.05. The van der Waals surface area contributed by atoms with Crippen LogP contribution in [-0.2, 0) is 0 Å². The van der Waals surface area contributed by atoms with Crippen molar-refractivity contribution in [3.63, 3.8) is 0 Å². The minimum atomic E-state index is -0.0691. The van der Waals surface area contributed by atoms with E-state index in [1.54, 1.807) is 0 Å². The maximum Gasteiger partial charge on any atom is 0.202 e. The maximum atomic E-state index is 9.44. The lowest BCUT2D eigenvalue weighted by molar-refractivity contribution is 0.111. The largest absolute Gasteiger partial charge is 0.393 e. The Bertz CT molecular complexity index is 345. The second-order valence-corrected chi connectivity index (χ2v) is 5.92. The van der Waals surface area contributed by atoms with Crippen LogP contribution in [0.1, 0.15) is 51.3 Å². The molecule has 0 saturated heterocycles. The highest BCUT2D eigenvalue weighted by atomic mass is 32.1. The molecule has 0 spiro atoms. The summed E-state index contributed by atoms with van der Waals surface area (Å²) in [5.41, 5.74) is 0. The molecule has 1 saturated carbocycles. The molecule has 2 rings (SSSR count). The van der Waals surface area contributed by atoms with E-state index in [1.165, 1.54) is 11.5 Å². The van der Waals surface area contributed by atoms with Crippen LogP contribution in [-0.4, -0.2) is 27.1 Å². The molecular weight excluding hydrogens is 234 g/mol. The van der Waals surface area contributed by atoms with E-state index in [4.69, 9.17) is 0 Å². The summed E-state index contributed by atoms with van der Waals surface area (Å²) in [6.45, 7) is 5.17. The number of hydrogen-bond donors (Lipinski definition) is 2. The van der Waals surface area contributed by atoms with Crippen LogP contribution in [0.15, 0.2) is 0 Å². The molecule has 0 aliphatic heterocycles. The van der Waals surface area contributed by atoms with Gasteiger partial charge in [-0.05, 0) is 31.6 Å². The highest BCUT2D eigenvalue weighted by Crippen LogP contribution is 2.25. The average molecular weight is 255 g/mol. The van der Waals surface area contributed by atoms with E-state index in [-0.39, 0.29) is 6.10 Å². The molecule has 1 heterocycles. The van der Waals surface area contributed by atoms with E-state index in [0.717, 1.165) is 43.2 Å². The lowest BCUT2D eigenvalue weighted by Gasteiger charge is -2.25. The topological polar surface area (TPSA) is 58.0 Å². The van der Waals surface area contributed by atoms with Crippen LogP contribution in [0.2, 0.25) is 0 Å². The highest BCUT2D eigenvalue weighted by Gasteiger charge is 2.19. The Hall–Kier alpha value is -0.680. The molecular formula is C12H21N3OS. The van der Waals surface area contributed by atoms with E-state index in [2.05, 4.69) is 28.5 Å². The van der Waals surface area contributed by atoms with Crippen molar-refractivity contribution < 1.29 is 5.11 Å². The van der Waals surface area contributed by atoms with Crippen LogP contribution in [0.4, 0.5) is 5.13 Å². The molecule has 0 amide bonds. The third-order valence-electron chi connectivity index (χ3n) is 3.32. The molecule has 17 heavy (non-hydrogen) atoms. The number of rotatable bonds is 4. The summed E-state index contributed by atoms with van der Waals surface area (Å²) in [5.74, 6) is 1.99. The van der Waals surface area contributed by atoms with Gasteiger partial charge in [0, 0.05) is 24.0 Å². The quantitative estimate of drug-likeness (QED) is 0.868. The predicted molar refractivity (Wildman–Crippen MR) is 70.5 cm³/mol. The monoisotopic (exact) mass is 255 g/mol. The standard InChI is InChI=1S/C12H21N3OS/c1-8(2)11-14-12(17-15-11)13-7-9-3-5-10(16)6-4-9/h8-10,16H,3-7H2,1-2H3,(H,13,14,15). The van der Waals surface area contributed by atoms with Crippen LogP contribution in [0.5, 0.6) is 0 Å². The maximum absolute atomic E-state index is 9.44. The summed E-state index contributed by atoms with van der Waals surface area (Å²) in [4.78, 5) is 4.46. The van der Waals surface area contributed by atoms with E-state index in [1.807, 2.05) is 0 Å². The van der Waals surface area contributed by atoms with Crippen molar-refractivity contribution in [3.05, 3.63) is 5.82 Å². The fourth-order valence-corrected chi connectivity index (χ4v) is 2.84. The first-order valence-corrected chi connectivity index (χ1v) is 7.18. The lowest BCUT2D eigenvalue weighted by atomic mass is 9.87. The molecule has 96 valence electrons. The molecule has 2 N–H and O–H groups in total. The normalized spacial score (nSPS) is 25.2. The van der Waals surface area contributed by atoms with E-state index >= 15 is 0 Å². The number of hydrogen-bond acceptors (Lipinski definition) is 5. The summed E-state index contributed by atoms with van der Waals surface area (Å²) >= 11 is 1.45. The Labute approximate surface area is 107 Å². The summed E-state index contributed by atoms with van der Waals surface area (Å²) in [6, 6.07) is 0. The number of aromatic nitrogens is 2. The van der Waals surface area contributed by atoms with Crippen molar-refractivity contribution in [1.29, 1.82) is 0 Å². The molecule has 0 aromatic carbocycles. The number of aliphatic hydroxyl groups is 1. The van der Waals surface area contributed by atoms with E-state index in [9.17, 15) is 5.11 Å². The van der Waals surface area contributed by atoms with Gasteiger partial charge in [0.2, 0.25) is 5.13 Å². The SMILES string of the molecule is CC(C)c1nsc(NCC2CCC(O)CC2)n1. The van der Waals surface area contributed by atoms with Crippen molar-refractivity contribution in [2.24, 2.45) is 5.92 Å². The average Bonchev–Trinajstić information content (AvgIpc) is 2.77. The van der Waals surface area contributed by atoms with Crippen molar-refractivity contribution in [1.82, 2.24) is 9.36 Å². The molecule has 1 aliphatic rings. The second-order valence-electron chi connectivity index (χ2n) is 5.17. The Morgan fingerprint density at radius 3 is 2.65 bits per heavy atom. The molecule has 0 unspecified atom stereocenters. The van der Waals surface area contributed by atoms with Gasteiger partial charge >= 0.3 is 0 Å². The minimum absolute atomic E-state index is 0.0691. The fourth-order valence-electron chi connectivity index (χ4n) is 2.12. The molecule has 0 atom stereocenters. The Morgan fingerprint density at radius 1 is 1.35 bits per heavy atom. The van der Waals surface area contributed by atoms with Gasteiger partial charge in [-0.1, -0.05) is 13.8 Å². The van der Waals surface area contributed by atoms with Gasteiger partial charge in [0.15, 0.2) is 0 Å². The van der Waals surface area contributed by atoms with Crippen LogP contribution in [0, 0.1) is 5.92 Å². The highest BCUT2D eigenvalue weighted by molar-refractivity contribution is 7.09. The summed E-state index contributed by atoms with van der Waals surface area (Å²) < 4.78 is 4.32. The van der Waals surface area contributed by atoms with E-state index in [0.29, 0.717) is 11.8 Å². The van der Waals surface area contributed by atoms with Crippen molar-refractivity contribution in [2.45, 2.75) is 51.6 Å². The van der Waals surface area contributed by atoms with Gasteiger partial charge in [-0.3, -0.25) is 0 Å². The third kappa shape index (κ3) is 3.64. The lowest BCUT2D eigenvalue weighted by Crippen LogP contribution is -2.23. The Balaban J connectivity index is 1.77. The van der Waals surface area contributed by atoms with Gasteiger partial charge < -0.3 is 10.4 Å². The molecule has 1 aliphatic carbocycles. The van der Waals surface area contributed by atoms with E-state index < -0.39 is 0 Å². The Morgan fingerprint density at radius 2 is 2.06 bits per heavy atom. The van der Waals surface area contributed by atoms with Gasteiger partial charge in [-0.15, -0.1) is 0 Å². The fraction of sp³-hybridized carbons (Fsp3) is 0.833. The van der Waals surface area contributed by atoms with Crippen LogP contribution < -0.4 is 5.32 Å². The first-order valence-electron chi connectivity index (χ1n) is 6.40. The van der Waals surface area contributed by atoms with Crippen LogP contribution >= 0.6 is 11.5 Å². The van der Waals surface area contributed by atoms with Gasteiger partial charge in [-0.2, -0.15) is 4.37 Å². The molecule has 0 radical (unpaired) electrons. The van der Waals surface area contributed by atoms with Gasteiger partial charge in [-0.25, -0.2) is 4.98 Å². The number of nitrogens with zero attached hydrogens (tertiary/aromatic N) is 2. The minimum Gasteiger partial charge on any atom is -0.393 e. The summed E-state index contributed by atoms with van der Waals surface area (Å²) in [7, 11) is 0. The smallest absolute Gasteiger partial charge is 0.202 e. The zero-order chi connectivity index (χ0) is 12.3.